The van der Waals surface area contributed by atoms with E-state index in [2.05, 4.69) is 5.48 Å². The first-order valence-electron chi connectivity index (χ1n) is 6.99. The van der Waals surface area contributed by atoms with Crippen LogP contribution in [0.3, 0.4) is 0 Å². The predicted molar refractivity (Wildman–Crippen MR) is 70.6 cm³/mol. The van der Waals surface area contributed by atoms with Crippen LogP contribution in [0.25, 0.3) is 0 Å². The Bertz CT molecular complexity index is 421. The van der Waals surface area contributed by atoms with Gasteiger partial charge in [-0.15, -0.1) is 0 Å². The third-order valence-electron chi connectivity index (χ3n) is 3.39. The zero-order chi connectivity index (χ0) is 15.8. The molecule has 2 saturated heterocycles. The molecule has 0 aromatic carbocycles. The molecule has 21 heavy (non-hydrogen) atoms. The Morgan fingerprint density at radius 1 is 1.43 bits per heavy atom. The molecule has 2 heterocycles. The average molecular weight is 302 g/mol. The number of aliphatic hydroxyl groups is 2. The highest BCUT2D eigenvalue weighted by Crippen LogP contribution is 2.27. The molecule has 0 aromatic heterocycles. The van der Waals surface area contributed by atoms with Crippen molar-refractivity contribution in [1.29, 1.82) is 0 Å². The van der Waals surface area contributed by atoms with Crippen LogP contribution >= 0.6 is 0 Å². The van der Waals surface area contributed by atoms with Crippen LogP contribution in [0, 0.1) is 0 Å². The van der Waals surface area contributed by atoms with E-state index in [4.69, 9.17) is 9.57 Å². The molecule has 0 unspecified atom stereocenters. The van der Waals surface area contributed by atoms with Gasteiger partial charge in [0.2, 0.25) is 5.91 Å². The zero-order valence-corrected chi connectivity index (χ0v) is 12.4. The summed E-state index contributed by atoms with van der Waals surface area (Å²) in [5.74, 6) is -0.852. The molecule has 2 fully saturated rings. The number of ether oxygens (including phenoxy) is 1. The summed E-state index contributed by atoms with van der Waals surface area (Å²) in [5, 5.41) is 19.6. The Morgan fingerprint density at radius 3 is 2.71 bits per heavy atom. The molecular formula is C13H22N2O6. The number of β-amino-alcohol motifs (C(OH)–C–C–N with tert-alkyl or cyclic N) is 1. The average Bonchev–Trinajstić information content (AvgIpc) is 2.73. The largest absolute Gasteiger partial charge is 0.458 e. The number of hydrogen-bond donors (Lipinski definition) is 3. The van der Waals surface area contributed by atoms with E-state index in [0.717, 1.165) is 4.90 Å². The molecule has 4 atom stereocenters. The molecule has 1 amide bonds. The monoisotopic (exact) mass is 302 g/mol. The molecule has 0 aromatic rings. The van der Waals surface area contributed by atoms with E-state index in [1.165, 1.54) is 0 Å². The van der Waals surface area contributed by atoms with Crippen molar-refractivity contribution >= 4 is 11.9 Å². The molecule has 3 N–H and O–H groups in total. The molecule has 120 valence electrons. The van der Waals surface area contributed by atoms with Crippen molar-refractivity contribution in [2.75, 3.05) is 6.54 Å². The Hall–Kier alpha value is -1.22. The van der Waals surface area contributed by atoms with Gasteiger partial charge >= 0.3 is 5.97 Å². The highest BCUT2D eigenvalue weighted by molar-refractivity contribution is 5.88. The summed E-state index contributed by atoms with van der Waals surface area (Å²) in [7, 11) is 0. The first kappa shape index (κ1) is 16.2. The number of amides is 1. The van der Waals surface area contributed by atoms with Crippen LogP contribution in [0.5, 0.6) is 0 Å². The van der Waals surface area contributed by atoms with Crippen LogP contribution in [0.15, 0.2) is 0 Å². The normalized spacial score (nSPS) is 34.1. The lowest BCUT2D eigenvalue weighted by atomic mass is 10.1. The van der Waals surface area contributed by atoms with Gasteiger partial charge in [-0.25, -0.2) is 4.79 Å². The number of aliphatic hydroxyl groups excluding tert-OH is 2. The Kier molecular flexibility index (Phi) is 4.52. The molecular weight excluding hydrogens is 280 g/mol. The van der Waals surface area contributed by atoms with Gasteiger partial charge in [-0.05, 0) is 27.2 Å². The third-order valence-corrected chi connectivity index (χ3v) is 3.39. The minimum atomic E-state index is -1.28. The second-order valence-corrected chi connectivity index (χ2v) is 6.30. The summed E-state index contributed by atoms with van der Waals surface area (Å²) in [5.41, 5.74) is 1.80. The highest BCUT2D eigenvalue weighted by Gasteiger charge is 2.47. The minimum Gasteiger partial charge on any atom is -0.458 e. The van der Waals surface area contributed by atoms with Gasteiger partial charge in [0.25, 0.3) is 0 Å². The Morgan fingerprint density at radius 2 is 2.10 bits per heavy atom. The van der Waals surface area contributed by atoms with Crippen LogP contribution in [-0.2, 0) is 19.2 Å². The minimum absolute atomic E-state index is 0.0524. The molecule has 2 aliphatic rings. The van der Waals surface area contributed by atoms with E-state index in [-0.39, 0.29) is 18.9 Å². The predicted octanol–water partition coefficient (Wildman–Crippen LogP) is -1.10. The lowest BCUT2D eigenvalue weighted by Gasteiger charge is -2.39. The van der Waals surface area contributed by atoms with Crippen molar-refractivity contribution in [3.63, 3.8) is 0 Å². The fourth-order valence-electron chi connectivity index (χ4n) is 2.44. The number of hydroxylamine groups is 1. The number of likely N-dealkylation sites (tertiary alicyclic amines) is 1. The van der Waals surface area contributed by atoms with E-state index in [9.17, 15) is 19.8 Å². The zero-order valence-electron chi connectivity index (χ0n) is 12.4. The number of carbonyl (C=O) groups excluding carboxylic acids is 2. The maximum atomic E-state index is 12.2. The molecule has 0 radical (unpaired) electrons. The van der Waals surface area contributed by atoms with E-state index < -0.39 is 36.0 Å². The van der Waals surface area contributed by atoms with Gasteiger partial charge < -0.3 is 14.9 Å². The summed E-state index contributed by atoms with van der Waals surface area (Å²) >= 11 is 0. The number of hydrogen-bond acceptors (Lipinski definition) is 7. The van der Waals surface area contributed by atoms with Gasteiger partial charge in [-0.1, -0.05) is 0 Å². The second-order valence-electron chi connectivity index (χ2n) is 6.30. The van der Waals surface area contributed by atoms with E-state index in [1.807, 2.05) is 0 Å². The number of rotatable bonds is 2. The fourth-order valence-corrected chi connectivity index (χ4v) is 2.44. The smallest absolute Gasteiger partial charge is 0.329 e. The summed E-state index contributed by atoms with van der Waals surface area (Å²) in [6.07, 6.45) is -2.99. The van der Waals surface area contributed by atoms with Crippen molar-refractivity contribution in [2.45, 2.75) is 63.7 Å². The van der Waals surface area contributed by atoms with Crippen molar-refractivity contribution in [3.8, 4) is 0 Å². The number of nitrogens with one attached hydrogen (secondary N) is 1. The Labute approximate surface area is 123 Å². The van der Waals surface area contributed by atoms with Crippen LogP contribution in [0.4, 0.5) is 0 Å². The summed E-state index contributed by atoms with van der Waals surface area (Å²) < 4.78 is 5.30. The number of carbonyl (C=O) groups is 2. The molecule has 2 aliphatic heterocycles. The molecule has 0 aliphatic carbocycles. The maximum absolute atomic E-state index is 12.2. The molecule has 8 heteroatoms. The van der Waals surface area contributed by atoms with Crippen LogP contribution in [0.1, 0.15) is 33.6 Å². The van der Waals surface area contributed by atoms with Crippen LogP contribution in [0.2, 0.25) is 0 Å². The lowest BCUT2D eigenvalue weighted by molar-refractivity contribution is -0.227. The van der Waals surface area contributed by atoms with Crippen LogP contribution in [-0.4, -0.2) is 63.6 Å². The van der Waals surface area contributed by atoms with E-state index >= 15 is 0 Å². The van der Waals surface area contributed by atoms with Gasteiger partial charge in [0, 0.05) is 13.0 Å². The van der Waals surface area contributed by atoms with Crippen molar-refractivity contribution in [3.05, 3.63) is 0 Å². The lowest BCUT2D eigenvalue weighted by Crippen LogP contribution is -2.62. The maximum Gasteiger partial charge on any atom is 0.329 e. The molecule has 0 bridgehead atoms. The number of nitrogens with zero attached hydrogens (tertiary/aromatic N) is 1. The Balaban J connectivity index is 2.15. The molecule has 0 spiro atoms. The van der Waals surface area contributed by atoms with Gasteiger partial charge in [-0.2, -0.15) is 5.48 Å². The van der Waals surface area contributed by atoms with Crippen molar-refractivity contribution in [1.82, 2.24) is 10.4 Å². The fraction of sp³-hybridized carbons (Fsp3) is 0.846. The van der Waals surface area contributed by atoms with Crippen molar-refractivity contribution in [2.24, 2.45) is 0 Å². The summed E-state index contributed by atoms with van der Waals surface area (Å²) in [6.45, 7) is 5.27. The van der Waals surface area contributed by atoms with E-state index in [1.54, 1.807) is 20.8 Å². The van der Waals surface area contributed by atoms with Gasteiger partial charge in [0.1, 0.15) is 17.7 Å². The number of esters is 1. The first-order chi connectivity index (χ1) is 9.70. The van der Waals surface area contributed by atoms with Crippen LogP contribution < -0.4 is 5.48 Å². The molecule has 0 saturated carbocycles. The topological polar surface area (TPSA) is 108 Å². The quantitative estimate of drug-likeness (QED) is 0.556. The summed E-state index contributed by atoms with van der Waals surface area (Å²) in [6, 6.07) is -0.816. The summed E-state index contributed by atoms with van der Waals surface area (Å²) in [4.78, 5) is 30.6. The molecule has 2 rings (SSSR count). The van der Waals surface area contributed by atoms with Gasteiger partial charge in [0.15, 0.2) is 6.23 Å². The van der Waals surface area contributed by atoms with Gasteiger partial charge in [0.05, 0.1) is 6.10 Å². The van der Waals surface area contributed by atoms with Gasteiger partial charge in [-0.3, -0.25) is 14.5 Å². The third kappa shape index (κ3) is 3.52. The first-order valence-corrected chi connectivity index (χ1v) is 6.99. The molecule has 8 nitrogen and oxygen atoms in total. The SMILES string of the molecule is CC(C)(C)OC(=O)[C@@H]1CCC(=O)N1[C@H]1ONC[C@H](O)[C@@H]1O. The second kappa shape index (κ2) is 5.88. The highest BCUT2D eigenvalue weighted by atomic mass is 16.7. The van der Waals surface area contributed by atoms with Crippen molar-refractivity contribution < 1.29 is 29.4 Å². The van der Waals surface area contributed by atoms with E-state index in [0.29, 0.717) is 6.42 Å². The standard InChI is InChI=1S/C13H22N2O6/c1-13(2,3)20-12(19)7-4-5-9(17)15(7)11-10(18)8(16)6-14-21-11/h7-8,10-11,14,16,18H,4-6H2,1-3H3/t7-,8-,10-,11-/m0/s1.